The minimum absolute atomic E-state index is 0.00416. The van der Waals surface area contributed by atoms with E-state index < -0.39 is 16.1 Å². The molecule has 112 valence electrons. The van der Waals surface area contributed by atoms with Crippen LogP contribution in [0.1, 0.15) is 18.4 Å². The average molecular weight is 327 g/mol. The zero-order valence-electron chi connectivity index (χ0n) is 11.2. The largest absolute Gasteiger partial charge is 0.393 e. The molecule has 0 bridgehead atoms. The van der Waals surface area contributed by atoms with Crippen LogP contribution in [0.25, 0.3) is 0 Å². The molecule has 0 amide bonds. The van der Waals surface area contributed by atoms with Gasteiger partial charge in [0, 0.05) is 24.0 Å². The first-order valence-corrected chi connectivity index (χ1v) is 8.63. The van der Waals surface area contributed by atoms with Gasteiger partial charge in [-0.15, -0.1) is 0 Å². The van der Waals surface area contributed by atoms with Crippen LogP contribution in [0, 0.1) is 23.2 Å². The lowest BCUT2D eigenvalue weighted by atomic mass is 10.00. The highest BCUT2D eigenvalue weighted by atomic mass is 35.5. The van der Waals surface area contributed by atoms with Gasteiger partial charge in [-0.05, 0) is 37.0 Å². The molecule has 1 aromatic carbocycles. The molecule has 1 aliphatic carbocycles. The molecule has 1 heterocycles. The average Bonchev–Trinajstić information content (AvgIpc) is 3.02. The van der Waals surface area contributed by atoms with Gasteiger partial charge >= 0.3 is 0 Å². The molecule has 7 heteroatoms. The maximum atomic E-state index is 12.7. The highest BCUT2D eigenvalue weighted by Crippen LogP contribution is 2.40. The lowest BCUT2D eigenvalue weighted by Crippen LogP contribution is -2.31. The van der Waals surface area contributed by atoms with Gasteiger partial charge in [-0.2, -0.15) is 9.57 Å². The Labute approximate surface area is 128 Å². The van der Waals surface area contributed by atoms with Crippen molar-refractivity contribution in [3.63, 3.8) is 0 Å². The molecule has 3 atom stereocenters. The lowest BCUT2D eigenvalue weighted by molar-refractivity contribution is 0.129. The predicted octanol–water partition coefficient (Wildman–Crippen LogP) is 1.60. The van der Waals surface area contributed by atoms with E-state index >= 15 is 0 Å². The molecule has 0 spiro atoms. The summed E-state index contributed by atoms with van der Waals surface area (Å²) < 4.78 is 26.8. The summed E-state index contributed by atoms with van der Waals surface area (Å²) in [6, 6.07) is 6.14. The van der Waals surface area contributed by atoms with Gasteiger partial charge in [-0.1, -0.05) is 11.6 Å². The molecule has 21 heavy (non-hydrogen) atoms. The standard InChI is InChI=1S/C14H15ClN2O3S/c15-11-3-1-9(6-16)14(5-11)21(19,20)17-7-10-2-4-13(18)12(10)8-17/h1,3,5,10,12-13,18H,2,4,7-8H2. The molecule has 1 saturated heterocycles. The van der Waals surface area contributed by atoms with Crippen LogP contribution >= 0.6 is 11.6 Å². The van der Waals surface area contributed by atoms with Crippen LogP contribution in [0.5, 0.6) is 0 Å². The second-order valence-corrected chi connectivity index (χ2v) is 7.99. The van der Waals surface area contributed by atoms with Crippen molar-refractivity contribution < 1.29 is 13.5 Å². The van der Waals surface area contributed by atoms with Crippen LogP contribution in [0.4, 0.5) is 0 Å². The number of benzene rings is 1. The van der Waals surface area contributed by atoms with Crippen molar-refractivity contribution >= 4 is 21.6 Å². The summed E-state index contributed by atoms with van der Waals surface area (Å²) in [5, 5.41) is 19.3. The molecule has 1 aliphatic heterocycles. The quantitative estimate of drug-likeness (QED) is 0.895. The summed E-state index contributed by atoms with van der Waals surface area (Å²) >= 11 is 5.87. The van der Waals surface area contributed by atoms with Gasteiger partial charge in [0.15, 0.2) is 0 Å². The second-order valence-electron chi connectivity index (χ2n) is 5.64. The molecule has 2 aliphatic rings. The first-order chi connectivity index (χ1) is 9.93. The van der Waals surface area contributed by atoms with Crippen molar-refractivity contribution in [1.29, 1.82) is 5.26 Å². The summed E-state index contributed by atoms with van der Waals surface area (Å²) in [5.41, 5.74) is 0.0945. The van der Waals surface area contributed by atoms with E-state index in [2.05, 4.69) is 0 Å². The van der Waals surface area contributed by atoms with Gasteiger partial charge < -0.3 is 5.11 Å². The van der Waals surface area contributed by atoms with Crippen LogP contribution in [0.3, 0.4) is 0 Å². The third-order valence-corrected chi connectivity index (χ3v) is 6.57. The molecular weight excluding hydrogens is 312 g/mol. The Balaban J connectivity index is 1.96. The van der Waals surface area contributed by atoms with Gasteiger partial charge in [-0.25, -0.2) is 8.42 Å². The zero-order valence-corrected chi connectivity index (χ0v) is 12.8. The van der Waals surface area contributed by atoms with Crippen molar-refractivity contribution in [2.75, 3.05) is 13.1 Å². The van der Waals surface area contributed by atoms with Crippen molar-refractivity contribution in [2.45, 2.75) is 23.8 Å². The first kappa shape index (κ1) is 14.8. The van der Waals surface area contributed by atoms with E-state index in [1.54, 1.807) is 0 Å². The Morgan fingerprint density at radius 3 is 2.76 bits per heavy atom. The smallest absolute Gasteiger partial charge is 0.244 e. The SMILES string of the molecule is N#Cc1ccc(Cl)cc1S(=O)(=O)N1CC2CCC(O)C2C1. The van der Waals surface area contributed by atoms with E-state index in [0.29, 0.717) is 13.1 Å². The Morgan fingerprint density at radius 1 is 1.33 bits per heavy atom. The highest BCUT2D eigenvalue weighted by molar-refractivity contribution is 7.89. The number of hydrogen-bond donors (Lipinski definition) is 1. The maximum absolute atomic E-state index is 12.7. The van der Waals surface area contributed by atoms with Crippen LogP contribution in [-0.4, -0.2) is 37.0 Å². The minimum Gasteiger partial charge on any atom is -0.393 e. The summed E-state index contributed by atoms with van der Waals surface area (Å²) in [4.78, 5) is -0.0491. The van der Waals surface area contributed by atoms with Crippen LogP contribution in [0.2, 0.25) is 5.02 Å². The van der Waals surface area contributed by atoms with Gasteiger partial charge in [-0.3, -0.25) is 0 Å². The van der Waals surface area contributed by atoms with Gasteiger partial charge in [0.05, 0.1) is 11.7 Å². The molecule has 3 unspecified atom stereocenters. The maximum Gasteiger partial charge on any atom is 0.244 e. The van der Waals surface area contributed by atoms with Crippen molar-refractivity contribution in [1.82, 2.24) is 4.31 Å². The molecule has 0 aromatic heterocycles. The zero-order chi connectivity index (χ0) is 15.2. The monoisotopic (exact) mass is 326 g/mol. The van der Waals surface area contributed by atoms with E-state index in [1.807, 2.05) is 6.07 Å². The number of fused-ring (bicyclic) bond motifs is 1. The summed E-state index contributed by atoms with van der Waals surface area (Å²) in [5.74, 6) is 0.212. The number of halogens is 1. The van der Waals surface area contributed by atoms with Crippen LogP contribution in [0.15, 0.2) is 23.1 Å². The fourth-order valence-electron chi connectivity index (χ4n) is 3.33. The third-order valence-electron chi connectivity index (χ3n) is 4.47. The summed E-state index contributed by atoms with van der Waals surface area (Å²) in [7, 11) is -3.75. The molecule has 3 rings (SSSR count). The minimum atomic E-state index is -3.75. The van der Waals surface area contributed by atoms with Crippen molar-refractivity contribution in [3.8, 4) is 6.07 Å². The van der Waals surface area contributed by atoms with Crippen molar-refractivity contribution in [3.05, 3.63) is 28.8 Å². The number of aliphatic hydroxyl groups excluding tert-OH is 1. The Morgan fingerprint density at radius 2 is 2.10 bits per heavy atom. The normalized spacial score (nSPS) is 29.3. The first-order valence-electron chi connectivity index (χ1n) is 6.81. The van der Waals surface area contributed by atoms with Gasteiger partial charge in [0.1, 0.15) is 11.0 Å². The molecule has 5 nitrogen and oxygen atoms in total. The molecule has 1 aromatic rings. The van der Waals surface area contributed by atoms with E-state index in [0.717, 1.165) is 12.8 Å². The summed E-state index contributed by atoms with van der Waals surface area (Å²) in [6.07, 6.45) is 1.16. The highest BCUT2D eigenvalue weighted by Gasteiger charge is 2.46. The van der Waals surface area contributed by atoms with Crippen LogP contribution < -0.4 is 0 Å². The topological polar surface area (TPSA) is 81.4 Å². The third kappa shape index (κ3) is 2.44. The summed E-state index contributed by atoms with van der Waals surface area (Å²) in [6.45, 7) is 0.715. The van der Waals surface area contributed by atoms with E-state index in [4.69, 9.17) is 16.9 Å². The number of rotatable bonds is 2. The van der Waals surface area contributed by atoms with Crippen LogP contribution in [-0.2, 0) is 10.0 Å². The van der Waals surface area contributed by atoms with E-state index in [1.165, 1.54) is 22.5 Å². The number of aliphatic hydroxyl groups is 1. The second kappa shape index (κ2) is 5.25. The number of sulfonamides is 1. The number of nitrogens with zero attached hydrogens (tertiary/aromatic N) is 2. The van der Waals surface area contributed by atoms with Crippen molar-refractivity contribution in [2.24, 2.45) is 11.8 Å². The fraction of sp³-hybridized carbons (Fsp3) is 0.500. The molecule has 2 fully saturated rings. The lowest BCUT2D eigenvalue weighted by Gasteiger charge is -2.19. The predicted molar refractivity (Wildman–Crippen MR) is 77.1 cm³/mol. The molecule has 1 saturated carbocycles. The van der Waals surface area contributed by atoms with Gasteiger partial charge in [0.25, 0.3) is 0 Å². The Hall–Kier alpha value is -1.13. The number of hydrogen-bond acceptors (Lipinski definition) is 4. The Kier molecular flexibility index (Phi) is 3.70. The molecular formula is C14H15ClN2O3S. The molecule has 0 radical (unpaired) electrons. The van der Waals surface area contributed by atoms with E-state index in [9.17, 15) is 13.5 Å². The van der Waals surface area contributed by atoms with E-state index in [-0.39, 0.29) is 27.3 Å². The van der Waals surface area contributed by atoms with Gasteiger partial charge in [0.2, 0.25) is 10.0 Å². The Bertz CT molecular complexity index is 713. The number of nitriles is 1. The molecule has 1 N–H and O–H groups in total. The fourth-order valence-corrected chi connectivity index (χ4v) is 5.27.